The summed E-state index contributed by atoms with van der Waals surface area (Å²) in [6.07, 6.45) is 2.87. The van der Waals surface area contributed by atoms with Crippen LogP contribution in [-0.4, -0.2) is 6.04 Å². The first-order valence-corrected chi connectivity index (χ1v) is 5.83. The van der Waals surface area contributed by atoms with Crippen LogP contribution in [0.3, 0.4) is 0 Å². The summed E-state index contributed by atoms with van der Waals surface area (Å²) in [6, 6.07) is 4.75. The molecule has 0 saturated heterocycles. The minimum Gasteiger partial charge on any atom is -0.271 e. The molecule has 0 aliphatic heterocycles. The van der Waals surface area contributed by atoms with Crippen LogP contribution in [0.25, 0.3) is 0 Å². The lowest BCUT2D eigenvalue weighted by Gasteiger charge is -2.22. The summed E-state index contributed by atoms with van der Waals surface area (Å²) in [5.41, 5.74) is 3.63. The molecule has 1 unspecified atom stereocenters. The number of hydrogen-bond acceptors (Lipinski definition) is 2. The Hall–Kier alpha value is -0.640. The summed E-state index contributed by atoms with van der Waals surface area (Å²) in [5, 5.41) is 0.563. The Balaban J connectivity index is 2.15. The first-order chi connectivity index (χ1) is 7.55. The van der Waals surface area contributed by atoms with Crippen LogP contribution in [0.1, 0.15) is 25.3 Å². The molecule has 16 heavy (non-hydrogen) atoms. The van der Waals surface area contributed by atoms with Crippen molar-refractivity contribution in [2.24, 2.45) is 11.3 Å². The van der Waals surface area contributed by atoms with Crippen molar-refractivity contribution in [3.05, 3.63) is 34.6 Å². The molecular formula is C12H16ClFN2. The maximum Gasteiger partial charge on any atom is 0.126 e. The van der Waals surface area contributed by atoms with E-state index in [4.69, 9.17) is 17.4 Å². The Labute approximate surface area is 99.9 Å². The highest BCUT2D eigenvalue weighted by molar-refractivity contribution is 6.30. The lowest BCUT2D eigenvalue weighted by Crippen LogP contribution is -2.42. The molecular weight excluding hydrogens is 227 g/mol. The number of rotatable bonds is 4. The van der Waals surface area contributed by atoms with Crippen LogP contribution in [0.15, 0.2) is 18.2 Å². The molecule has 3 N–H and O–H groups in total. The minimum absolute atomic E-state index is 0.112. The van der Waals surface area contributed by atoms with E-state index in [0.717, 1.165) is 12.8 Å². The van der Waals surface area contributed by atoms with Gasteiger partial charge in [-0.3, -0.25) is 11.3 Å². The summed E-state index contributed by atoms with van der Waals surface area (Å²) in [7, 11) is 0. The van der Waals surface area contributed by atoms with Gasteiger partial charge >= 0.3 is 0 Å². The third-order valence-electron chi connectivity index (χ3n) is 3.51. The van der Waals surface area contributed by atoms with Gasteiger partial charge in [0.05, 0.1) is 0 Å². The van der Waals surface area contributed by atoms with Crippen molar-refractivity contribution < 1.29 is 4.39 Å². The van der Waals surface area contributed by atoms with Crippen LogP contribution in [-0.2, 0) is 6.42 Å². The van der Waals surface area contributed by atoms with Crippen molar-refractivity contribution in [3.63, 3.8) is 0 Å². The summed E-state index contributed by atoms with van der Waals surface area (Å²) >= 11 is 5.86. The number of nitrogens with one attached hydrogen (secondary N) is 1. The molecule has 1 aliphatic rings. The highest BCUT2D eigenvalue weighted by atomic mass is 35.5. The van der Waals surface area contributed by atoms with E-state index >= 15 is 0 Å². The van der Waals surface area contributed by atoms with Crippen molar-refractivity contribution in [1.82, 2.24) is 5.43 Å². The number of halogens is 2. The van der Waals surface area contributed by atoms with Crippen molar-refractivity contribution in [3.8, 4) is 0 Å². The topological polar surface area (TPSA) is 38.0 Å². The first kappa shape index (κ1) is 11.8. The van der Waals surface area contributed by atoms with Crippen molar-refractivity contribution in [2.75, 3.05) is 0 Å². The molecule has 1 atom stereocenters. The largest absolute Gasteiger partial charge is 0.271 e. The van der Waals surface area contributed by atoms with Gasteiger partial charge in [0.15, 0.2) is 0 Å². The molecule has 2 nitrogen and oxygen atoms in total. The number of benzene rings is 1. The second kappa shape index (κ2) is 4.32. The van der Waals surface area contributed by atoms with Gasteiger partial charge in [0.2, 0.25) is 0 Å². The fourth-order valence-corrected chi connectivity index (χ4v) is 2.17. The molecule has 0 amide bonds. The molecule has 1 saturated carbocycles. The Morgan fingerprint density at radius 2 is 2.25 bits per heavy atom. The van der Waals surface area contributed by atoms with Crippen molar-refractivity contribution in [1.29, 1.82) is 0 Å². The van der Waals surface area contributed by atoms with E-state index in [0.29, 0.717) is 17.0 Å². The van der Waals surface area contributed by atoms with Gasteiger partial charge in [-0.2, -0.15) is 0 Å². The van der Waals surface area contributed by atoms with E-state index in [1.807, 2.05) is 0 Å². The van der Waals surface area contributed by atoms with Gasteiger partial charge in [0.1, 0.15) is 5.82 Å². The van der Waals surface area contributed by atoms with Crippen LogP contribution in [0.4, 0.5) is 4.39 Å². The van der Waals surface area contributed by atoms with E-state index in [1.165, 1.54) is 6.07 Å². The van der Waals surface area contributed by atoms with Gasteiger partial charge in [0, 0.05) is 11.1 Å². The standard InChI is InChI=1S/C12H16ClFN2/c1-12(4-5-12)11(16-15)7-8-6-9(13)2-3-10(8)14/h2-3,6,11,16H,4-5,7,15H2,1H3. The van der Waals surface area contributed by atoms with Gasteiger partial charge in [-0.15, -0.1) is 0 Å². The minimum atomic E-state index is -0.214. The number of hydrogen-bond donors (Lipinski definition) is 2. The lowest BCUT2D eigenvalue weighted by molar-refractivity contribution is 0.355. The molecule has 1 aliphatic carbocycles. The molecule has 1 aromatic rings. The highest BCUT2D eigenvalue weighted by Crippen LogP contribution is 2.48. The van der Waals surface area contributed by atoms with E-state index in [9.17, 15) is 4.39 Å². The van der Waals surface area contributed by atoms with Crippen LogP contribution in [0, 0.1) is 11.2 Å². The zero-order valence-electron chi connectivity index (χ0n) is 9.26. The summed E-state index contributed by atoms with van der Waals surface area (Å²) in [4.78, 5) is 0. The molecule has 0 bridgehead atoms. The molecule has 0 radical (unpaired) electrons. The van der Waals surface area contributed by atoms with Gasteiger partial charge < -0.3 is 0 Å². The fraction of sp³-hybridized carbons (Fsp3) is 0.500. The number of nitrogens with two attached hydrogens (primary N) is 1. The van der Waals surface area contributed by atoms with Crippen molar-refractivity contribution in [2.45, 2.75) is 32.2 Å². The van der Waals surface area contributed by atoms with Gasteiger partial charge in [-0.05, 0) is 48.4 Å². The second-order valence-corrected chi connectivity index (χ2v) is 5.25. The average Bonchev–Trinajstić information content (AvgIpc) is 2.99. The third-order valence-corrected chi connectivity index (χ3v) is 3.75. The predicted octanol–water partition coefficient (Wildman–Crippen LogP) is 2.65. The van der Waals surface area contributed by atoms with Crippen LogP contribution in [0.2, 0.25) is 5.02 Å². The summed E-state index contributed by atoms with van der Waals surface area (Å²) < 4.78 is 13.5. The molecule has 1 aromatic carbocycles. The highest BCUT2D eigenvalue weighted by Gasteiger charge is 2.44. The zero-order chi connectivity index (χ0) is 11.8. The molecule has 0 spiro atoms. The first-order valence-electron chi connectivity index (χ1n) is 5.45. The maximum atomic E-state index is 13.5. The van der Waals surface area contributed by atoms with E-state index in [-0.39, 0.29) is 17.3 Å². The van der Waals surface area contributed by atoms with Gasteiger partial charge in [-0.1, -0.05) is 18.5 Å². The molecule has 4 heteroatoms. The average molecular weight is 243 g/mol. The normalized spacial score (nSPS) is 19.5. The van der Waals surface area contributed by atoms with Crippen molar-refractivity contribution >= 4 is 11.6 Å². The van der Waals surface area contributed by atoms with E-state index in [1.54, 1.807) is 12.1 Å². The van der Waals surface area contributed by atoms with Crippen LogP contribution in [0.5, 0.6) is 0 Å². The Kier molecular flexibility index (Phi) is 3.19. The quantitative estimate of drug-likeness (QED) is 0.629. The summed E-state index contributed by atoms with van der Waals surface area (Å²) in [6.45, 7) is 2.17. The Bertz CT molecular complexity index is 391. The fourth-order valence-electron chi connectivity index (χ4n) is 1.97. The lowest BCUT2D eigenvalue weighted by atomic mass is 9.93. The Morgan fingerprint density at radius 3 is 2.81 bits per heavy atom. The molecule has 88 valence electrons. The smallest absolute Gasteiger partial charge is 0.126 e. The number of hydrazine groups is 1. The van der Waals surface area contributed by atoms with Crippen LogP contribution < -0.4 is 11.3 Å². The Morgan fingerprint density at radius 1 is 1.56 bits per heavy atom. The van der Waals surface area contributed by atoms with E-state index in [2.05, 4.69) is 12.3 Å². The second-order valence-electron chi connectivity index (χ2n) is 4.81. The molecule has 2 rings (SSSR count). The molecule has 0 aromatic heterocycles. The van der Waals surface area contributed by atoms with Crippen LogP contribution >= 0.6 is 11.6 Å². The third kappa shape index (κ3) is 2.37. The maximum absolute atomic E-state index is 13.5. The van der Waals surface area contributed by atoms with Gasteiger partial charge in [0.25, 0.3) is 0 Å². The molecule has 0 heterocycles. The zero-order valence-corrected chi connectivity index (χ0v) is 10.0. The summed E-state index contributed by atoms with van der Waals surface area (Å²) in [5.74, 6) is 5.32. The monoisotopic (exact) mass is 242 g/mol. The molecule has 1 fully saturated rings. The van der Waals surface area contributed by atoms with Gasteiger partial charge in [-0.25, -0.2) is 4.39 Å². The SMILES string of the molecule is CC1(C(Cc2cc(Cl)ccc2F)NN)CC1. The predicted molar refractivity (Wildman–Crippen MR) is 63.6 cm³/mol. The van der Waals surface area contributed by atoms with E-state index < -0.39 is 0 Å².